The summed E-state index contributed by atoms with van der Waals surface area (Å²) in [7, 11) is 0. The van der Waals surface area contributed by atoms with E-state index in [1.807, 2.05) is 49.4 Å². The number of nitrogens with one attached hydrogen (secondary N) is 1. The van der Waals surface area contributed by atoms with E-state index in [1.54, 1.807) is 0 Å². The molecule has 3 aromatic rings. The van der Waals surface area contributed by atoms with Crippen LogP contribution in [0.2, 0.25) is 0 Å². The van der Waals surface area contributed by atoms with Gasteiger partial charge in [-0.3, -0.25) is 9.59 Å². The number of para-hydroxylation sites is 2. The van der Waals surface area contributed by atoms with Gasteiger partial charge in [0, 0.05) is 44.6 Å². The molecule has 0 bridgehead atoms. The molecule has 1 N–H and O–H groups in total. The fourth-order valence-corrected chi connectivity index (χ4v) is 4.93. The summed E-state index contributed by atoms with van der Waals surface area (Å²) in [4.78, 5) is 32.1. The van der Waals surface area contributed by atoms with Gasteiger partial charge in [0.05, 0.1) is 11.0 Å². The highest BCUT2D eigenvalue weighted by Gasteiger charge is 2.17. The summed E-state index contributed by atoms with van der Waals surface area (Å²) < 4.78 is 2.24. The van der Waals surface area contributed by atoms with Crippen LogP contribution in [0.15, 0.2) is 48.5 Å². The van der Waals surface area contributed by atoms with Crippen LogP contribution in [0.4, 0.5) is 0 Å². The Hall–Kier alpha value is -3.15. The van der Waals surface area contributed by atoms with Crippen LogP contribution >= 0.6 is 0 Å². The smallest absolute Gasteiger partial charge is 0.251 e. The molecule has 1 aliphatic rings. The molecule has 6 heteroatoms. The number of imidazole rings is 1. The number of fused-ring (bicyclic) bond motifs is 1. The molecule has 1 saturated heterocycles. The first-order chi connectivity index (χ1) is 17.1. The zero-order valence-electron chi connectivity index (χ0n) is 21.0. The van der Waals surface area contributed by atoms with Gasteiger partial charge in [0.25, 0.3) is 5.91 Å². The first-order valence-electron chi connectivity index (χ1n) is 13.2. The fourth-order valence-electron chi connectivity index (χ4n) is 4.93. The van der Waals surface area contributed by atoms with E-state index in [0.717, 1.165) is 74.0 Å². The predicted molar refractivity (Wildman–Crippen MR) is 140 cm³/mol. The molecule has 0 spiro atoms. The van der Waals surface area contributed by atoms with Gasteiger partial charge in [-0.25, -0.2) is 4.98 Å². The average Bonchev–Trinajstić information content (AvgIpc) is 3.02. The number of amides is 2. The molecule has 0 saturated carbocycles. The molecule has 2 aromatic carbocycles. The molecule has 0 radical (unpaired) electrons. The molecule has 0 atom stereocenters. The maximum absolute atomic E-state index is 12.9. The van der Waals surface area contributed by atoms with Gasteiger partial charge in [0.15, 0.2) is 0 Å². The number of carbonyl (C=O) groups is 2. The summed E-state index contributed by atoms with van der Waals surface area (Å²) in [5.41, 5.74) is 3.91. The van der Waals surface area contributed by atoms with Crippen molar-refractivity contribution in [3.63, 3.8) is 0 Å². The number of benzene rings is 2. The zero-order valence-corrected chi connectivity index (χ0v) is 21.0. The van der Waals surface area contributed by atoms with E-state index in [2.05, 4.69) is 20.9 Å². The Bertz CT molecular complexity index is 1130. The number of likely N-dealkylation sites (tertiary alicyclic amines) is 1. The molecule has 1 fully saturated rings. The monoisotopic (exact) mass is 474 g/mol. The number of nitrogens with zero attached hydrogens (tertiary/aromatic N) is 3. The van der Waals surface area contributed by atoms with Crippen LogP contribution < -0.4 is 5.32 Å². The van der Waals surface area contributed by atoms with E-state index in [9.17, 15) is 9.59 Å². The van der Waals surface area contributed by atoms with E-state index < -0.39 is 0 Å². The van der Waals surface area contributed by atoms with Crippen LogP contribution in [0.3, 0.4) is 0 Å². The van der Waals surface area contributed by atoms with Gasteiger partial charge >= 0.3 is 0 Å². The van der Waals surface area contributed by atoms with E-state index >= 15 is 0 Å². The minimum Gasteiger partial charge on any atom is -0.352 e. The molecule has 0 aliphatic carbocycles. The first kappa shape index (κ1) is 25.0. The molecular formula is C29H38N4O2. The van der Waals surface area contributed by atoms with Crippen LogP contribution in [0.1, 0.15) is 73.1 Å². The summed E-state index contributed by atoms with van der Waals surface area (Å²) in [6, 6.07) is 15.9. The molecule has 2 heterocycles. The van der Waals surface area contributed by atoms with Gasteiger partial charge in [-0.1, -0.05) is 49.1 Å². The van der Waals surface area contributed by atoms with E-state index in [0.29, 0.717) is 25.1 Å². The van der Waals surface area contributed by atoms with Gasteiger partial charge in [-0.15, -0.1) is 0 Å². The second kappa shape index (κ2) is 12.5. The zero-order chi connectivity index (χ0) is 24.5. The van der Waals surface area contributed by atoms with E-state index in [-0.39, 0.29) is 11.8 Å². The van der Waals surface area contributed by atoms with Gasteiger partial charge in [-0.05, 0) is 56.9 Å². The third-order valence-corrected chi connectivity index (χ3v) is 6.88. The highest BCUT2D eigenvalue weighted by molar-refractivity contribution is 5.94. The summed E-state index contributed by atoms with van der Waals surface area (Å²) in [5, 5.41) is 3.02. The lowest BCUT2D eigenvalue weighted by atomic mass is 10.1. The van der Waals surface area contributed by atoms with Crippen LogP contribution in [-0.2, 0) is 17.8 Å². The van der Waals surface area contributed by atoms with Crippen molar-refractivity contribution in [2.45, 2.75) is 71.3 Å². The van der Waals surface area contributed by atoms with Crippen molar-refractivity contribution in [1.82, 2.24) is 19.8 Å². The molecule has 35 heavy (non-hydrogen) atoms. The Kier molecular flexibility index (Phi) is 8.93. The molecule has 2 amide bonds. The van der Waals surface area contributed by atoms with Crippen molar-refractivity contribution in [3.05, 3.63) is 65.5 Å². The number of hydrogen-bond donors (Lipinski definition) is 1. The van der Waals surface area contributed by atoms with Crippen molar-refractivity contribution in [3.8, 4) is 0 Å². The number of unbranched alkanes of at least 4 members (excludes halogenated alkanes) is 2. The Labute approximate surface area is 208 Å². The van der Waals surface area contributed by atoms with Gasteiger partial charge in [0.1, 0.15) is 5.82 Å². The van der Waals surface area contributed by atoms with Crippen molar-refractivity contribution in [1.29, 1.82) is 0 Å². The topological polar surface area (TPSA) is 67.2 Å². The van der Waals surface area contributed by atoms with Crippen molar-refractivity contribution < 1.29 is 9.59 Å². The third kappa shape index (κ3) is 6.93. The Morgan fingerprint density at radius 2 is 1.74 bits per heavy atom. The maximum atomic E-state index is 12.9. The summed E-state index contributed by atoms with van der Waals surface area (Å²) in [6.07, 6.45) is 9.06. The number of aromatic nitrogens is 2. The number of hydrogen-bond acceptors (Lipinski definition) is 3. The Morgan fingerprint density at radius 3 is 2.54 bits per heavy atom. The lowest BCUT2D eigenvalue weighted by Crippen LogP contribution is -2.32. The minimum atomic E-state index is -0.00966. The first-order valence-corrected chi connectivity index (χ1v) is 13.2. The Balaban J connectivity index is 1.27. The summed E-state index contributed by atoms with van der Waals surface area (Å²) in [5.74, 6) is 1.31. The second-order valence-corrected chi connectivity index (χ2v) is 9.65. The highest BCUT2D eigenvalue weighted by atomic mass is 16.2. The maximum Gasteiger partial charge on any atom is 0.251 e. The third-order valence-electron chi connectivity index (χ3n) is 6.88. The van der Waals surface area contributed by atoms with E-state index in [4.69, 9.17) is 4.98 Å². The fraction of sp³-hybridized carbons (Fsp3) is 0.483. The standard InChI is InChI=1S/C29H38N4O2/c1-23-12-11-13-24(22-23)29(35)30-18-8-4-5-16-27-31-25-14-6-7-15-26(25)33(27)21-17-28(34)32-19-9-2-3-10-20-32/h6-7,11-15,22H,2-5,8-10,16-21H2,1H3,(H,30,35). The summed E-state index contributed by atoms with van der Waals surface area (Å²) in [6.45, 7) is 5.15. The lowest BCUT2D eigenvalue weighted by molar-refractivity contribution is -0.131. The van der Waals surface area contributed by atoms with Crippen LogP contribution in [-0.4, -0.2) is 45.9 Å². The molecular weight excluding hydrogens is 436 g/mol. The number of aryl methyl sites for hydroxylation is 3. The molecule has 186 valence electrons. The van der Waals surface area contributed by atoms with Crippen LogP contribution in [0.25, 0.3) is 11.0 Å². The molecule has 0 unspecified atom stereocenters. The van der Waals surface area contributed by atoms with Crippen molar-refractivity contribution >= 4 is 22.8 Å². The SMILES string of the molecule is Cc1cccc(C(=O)NCCCCCc2nc3ccccc3n2CCC(=O)N2CCCCCC2)c1. The largest absolute Gasteiger partial charge is 0.352 e. The van der Waals surface area contributed by atoms with Crippen molar-refractivity contribution in [2.24, 2.45) is 0 Å². The van der Waals surface area contributed by atoms with Gasteiger partial charge < -0.3 is 14.8 Å². The highest BCUT2D eigenvalue weighted by Crippen LogP contribution is 2.19. The molecule has 4 rings (SSSR count). The molecule has 1 aromatic heterocycles. The minimum absolute atomic E-state index is 0.00966. The van der Waals surface area contributed by atoms with Crippen LogP contribution in [0.5, 0.6) is 0 Å². The lowest BCUT2D eigenvalue weighted by Gasteiger charge is -2.20. The average molecular weight is 475 g/mol. The number of rotatable bonds is 10. The second-order valence-electron chi connectivity index (χ2n) is 9.65. The summed E-state index contributed by atoms with van der Waals surface area (Å²) >= 11 is 0. The molecule has 1 aliphatic heterocycles. The van der Waals surface area contributed by atoms with Gasteiger partial charge in [-0.2, -0.15) is 0 Å². The van der Waals surface area contributed by atoms with E-state index in [1.165, 1.54) is 12.8 Å². The van der Waals surface area contributed by atoms with Gasteiger partial charge in [0.2, 0.25) is 5.91 Å². The molecule has 6 nitrogen and oxygen atoms in total. The Morgan fingerprint density at radius 1 is 0.943 bits per heavy atom. The quantitative estimate of drug-likeness (QED) is 0.407. The van der Waals surface area contributed by atoms with Crippen LogP contribution in [0, 0.1) is 6.92 Å². The van der Waals surface area contributed by atoms with Crippen molar-refractivity contribution in [2.75, 3.05) is 19.6 Å². The number of carbonyl (C=O) groups excluding carboxylic acids is 2. The predicted octanol–water partition coefficient (Wildman–Crippen LogP) is 5.28. The normalized spacial score (nSPS) is 14.1.